The second-order valence-electron chi connectivity index (χ2n) is 8.09. The van der Waals surface area contributed by atoms with Crippen molar-refractivity contribution in [2.24, 2.45) is 4.99 Å². The molecule has 182 valence electrons. The Morgan fingerprint density at radius 2 is 1.75 bits per heavy atom. The number of ether oxygens (including phenoxy) is 2. The Balaban J connectivity index is 1.77. The number of nitrogens with zero attached hydrogens (tertiary/aromatic N) is 3. The Bertz CT molecular complexity index is 1500. The number of allylic oxidation sites excluding steroid dienone is 3. The second-order valence-corrected chi connectivity index (χ2v) is 8.46. The summed E-state index contributed by atoms with van der Waals surface area (Å²) < 4.78 is 12.3. The van der Waals surface area contributed by atoms with E-state index in [1.165, 1.54) is 0 Å². The summed E-state index contributed by atoms with van der Waals surface area (Å²) in [5.74, 6) is 1.45. The minimum atomic E-state index is 0.137. The van der Waals surface area contributed by atoms with Crippen molar-refractivity contribution < 1.29 is 9.47 Å². The molecular formula is C29H27ClN4O2. The summed E-state index contributed by atoms with van der Waals surface area (Å²) in [6, 6.07) is 11.5. The molecular weight excluding hydrogens is 472 g/mol. The second kappa shape index (κ2) is 11.1. The molecule has 0 saturated carbocycles. The molecule has 0 spiro atoms. The number of aromatic nitrogens is 3. The molecule has 0 unspecified atom stereocenters. The molecule has 2 heterocycles. The van der Waals surface area contributed by atoms with Gasteiger partial charge in [-0.25, -0.2) is 0 Å². The lowest BCUT2D eigenvalue weighted by molar-refractivity contribution is 0.417. The van der Waals surface area contributed by atoms with Crippen molar-refractivity contribution in [3.05, 3.63) is 95.2 Å². The van der Waals surface area contributed by atoms with Crippen LogP contribution in [0.5, 0.6) is 23.4 Å². The molecule has 2 aromatic heterocycles. The topological polar surface area (TPSA) is 72.4 Å². The van der Waals surface area contributed by atoms with E-state index in [1.807, 2.05) is 69.3 Å². The van der Waals surface area contributed by atoms with Crippen molar-refractivity contribution >= 4 is 40.6 Å². The normalized spacial score (nSPS) is 11.4. The quantitative estimate of drug-likeness (QED) is 0.185. The van der Waals surface area contributed by atoms with Crippen molar-refractivity contribution in [2.45, 2.75) is 27.2 Å². The molecule has 0 atom stereocenters. The number of fused-ring (bicyclic) bond motifs is 1. The fourth-order valence-electron chi connectivity index (χ4n) is 3.60. The van der Waals surface area contributed by atoms with Gasteiger partial charge in [-0.05, 0) is 55.2 Å². The van der Waals surface area contributed by atoms with E-state index in [2.05, 4.69) is 33.1 Å². The summed E-state index contributed by atoms with van der Waals surface area (Å²) in [7, 11) is 0. The number of halogens is 1. The summed E-state index contributed by atoms with van der Waals surface area (Å²) >= 11 is 6.67. The van der Waals surface area contributed by atoms with Gasteiger partial charge < -0.3 is 14.5 Å². The van der Waals surface area contributed by atoms with Crippen LogP contribution in [0.3, 0.4) is 0 Å². The van der Waals surface area contributed by atoms with E-state index >= 15 is 0 Å². The van der Waals surface area contributed by atoms with Crippen LogP contribution in [-0.4, -0.2) is 21.2 Å². The number of hydrogen-bond donors (Lipinski definition) is 1. The Hall–Kier alpha value is -4.16. The number of hydrogen-bond acceptors (Lipinski definition) is 5. The Morgan fingerprint density at radius 3 is 2.47 bits per heavy atom. The molecule has 0 radical (unpaired) electrons. The highest BCUT2D eigenvalue weighted by atomic mass is 35.5. The number of benzene rings is 2. The first kappa shape index (κ1) is 24.9. The van der Waals surface area contributed by atoms with Gasteiger partial charge in [-0.1, -0.05) is 68.1 Å². The summed E-state index contributed by atoms with van der Waals surface area (Å²) in [6.07, 6.45) is 9.54. The molecule has 0 fully saturated rings. The minimum absolute atomic E-state index is 0.137. The van der Waals surface area contributed by atoms with E-state index in [1.54, 1.807) is 18.4 Å². The van der Waals surface area contributed by atoms with Crippen LogP contribution in [0.25, 0.3) is 17.1 Å². The van der Waals surface area contributed by atoms with Crippen LogP contribution in [0.15, 0.2) is 72.8 Å². The highest BCUT2D eigenvalue weighted by molar-refractivity contribution is 6.36. The zero-order valence-corrected chi connectivity index (χ0v) is 21.3. The first-order valence-electron chi connectivity index (χ1n) is 11.5. The lowest BCUT2D eigenvalue weighted by Gasteiger charge is -2.11. The van der Waals surface area contributed by atoms with Crippen molar-refractivity contribution in [1.29, 1.82) is 0 Å². The van der Waals surface area contributed by atoms with Crippen LogP contribution in [0.2, 0.25) is 5.02 Å². The molecule has 0 bridgehead atoms. The van der Waals surface area contributed by atoms with Gasteiger partial charge in [0.15, 0.2) is 0 Å². The number of H-pyrrole nitrogens is 1. The zero-order valence-electron chi connectivity index (χ0n) is 20.5. The maximum absolute atomic E-state index is 6.67. The Morgan fingerprint density at radius 1 is 1.00 bits per heavy atom. The monoisotopic (exact) mass is 498 g/mol. The van der Waals surface area contributed by atoms with Gasteiger partial charge in [-0.3, -0.25) is 4.99 Å². The molecule has 7 heteroatoms. The average molecular weight is 499 g/mol. The van der Waals surface area contributed by atoms with Crippen LogP contribution < -0.4 is 9.47 Å². The number of nitrogens with one attached hydrogen (secondary N) is 1. The van der Waals surface area contributed by atoms with Crippen molar-refractivity contribution in [3.63, 3.8) is 0 Å². The third-order valence-corrected chi connectivity index (χ3v) is 5.97. The van der Waals surface area contributed by atoms with Gasteiger partial charge in [0.1, 0.15) is 22.5 Å². The van der Waals surface area contributed by atoms with Crippen LogP contribution in [0.4, 0.5) is 5.69 Å². The molecule has 0 aliphatic heterocycles. The number of aromatic amines is 1. The number of rotatable bonds is 9. The van der Waals surface area contributed by atoms with Crippen molar-refractivity contribution in [2.75, 3.05) is 0 Å². The van der Waals surface area contributed by atoms with E-state index in [9.17, 15) is 0 Å². The highest BCUT2D eigenvalue weighted by Gasteiger charge is 2.20. The molecule has 0 amide bonds. The maximum Gasteiger partial charge on any atom is 0.327 e. The van der Waals surface area contributed by atoms with E-state index in [0.29, 0.717) is 34.0 Å². The SMILES string of the molecule is C=CC=Nc1cc(Oc2nc(Oc3ccc(C)c(/C=C\C=C)c3)nc3[nH]c(CC)c(Cl)c23)ccc1C. The smallest absolute Gasteiger partial charge is 0.327 e. The van der Waals surface area contributed by atoms with E-state index < -0.39 is 0 Å². The van der Waals surface area contributed by atoms with Crippen LogP contribution in [-0.2, 0) is 6.42 Å². The first-order chi connectivity index (χ1) is 17.4. The van der Waals surface area contributed by atoms with Gasteiger partial charge >= 0.3 is 6.01 Å². The van der Waals surface area contributed by atoms with Gasteiger partial charge in [-0.15, -0.1) is 0 Å². The summed E-state index contributed by atoms with van der Waals surface area (Å²) in [4.78, 5) is 16.8. The predicted molar refractivity (Wildman–Crippen MR) is 148 cm³/mol. The van der Waals surface area contributed by atoms with Gasteiger partial charge in [0.05, 0.1) is 10.7 Å². The lowest BCUT2D eigenvalue weighted by atomic mass is 10.1. The lowest BCUT2D eigenvalue weighted by Crippen LogP contribution is -1.97. The van der Waals surface area contributed by atoms with Crippen molar-refractivity contribution in [3.8, 4) is 23.4 Å². The molecule has 0 aliphatic carbocycles. The van der Waals surface area contributed by atoms with Crippen LogP contribution in [0.1, 0.15) is 29.3 Å². The molecule has 0 saturated heterocycles. The molecule has 36 heavy (non-hydrogen) atoms. The zero-order chi connectivity index (χ0) is 25.7. The summed E-state index contributed by atoms with van der Waals surface area (Å²) in [5, 5.41) is 1.12. The van der Waals surface area contributed by atoms with Gasteiger partial charge in [0.25, 0.3) is 0 Å². The number of aliphatic imine (C=N–C) groups is 1. The van der Waals surface area contributed by atoms with Crippen LogP contribution >= 0.6 is 11.6 Å². The largest absolute Gasteiger partial charge is 0.438 e. The molecule has 1 N–H and O–H groups in total. The van der Waals surface area contributed by atoms with Gasteiger partial charge in [0.2, 0.25) is 5.88 Å². The van der Waals surface area contributed by atoms with E-state index in [0.717, 1.165) is 28.1 Å². The molecule has 0 aliphatic rings. The van der Waals surface area contributed by atoms with Gasteiger partial charge in [-0.2, -0.15) is 9.97 Å². The third-order valence-electron chi connectivity index (χ3n) is 5.55. The molecule has 6 nitrogen and oxygen atoms in total. The fraction of sp³-hybridized carbons (Fsp3) is 0.138. The summed E-state index contributed by atoms with van der Waals surface area (Å²) in [6.45, 7) is 13.4. The molecule has 4 rings (SSSR count). The van der Waals surface area contributed by atoms with Gasteiger partial charge in [0, 0.05) is 18.0 Å². The minimum Gasteiger partial charge on any atom is -0.438 e. The highest BCUT2D eigenvalue weighted by Crippen LogP contribution is 2.38. The standard InChI is InChI=1S/C29H27ClN4O2/c1-6-9-10-20-16-21(13-11-18(20)4)36-29-33-27-25(26(30)23(8-3)32-27)28(34-29)35-22-14-12-19(5)24(17-22)31-15-7-2/h6-7,9-17H,1-2,8H2,3-5H3,(H,32,33,34)/b10-9-,31-15?. The summed E-state index contributed by atoms with van der Waals surface area (Å²) in [5.41, 5.74) is 5.27. The van der Waals surface area contributed by atoms with E-state index in [4.69, 9.17) is 21.1 Å². The number of aryl methyl sites for hydroxylation is 3. The van der Waals surface area contributed by atoms with Crippen LogP contribution in [0, 0.1) is 13.8 Å². The maximum atomic E-state index is 6.67. The average Bonchev–Trinajstić information content (AvgIpc) is 3.20. The van der Waals surface area contributed by atoms with E-state index in [-0.39, 0.29) is 11.9 Å². The fourth-order valence-corrected chi connectivity index (χ4v) is 3.95. The Labute approximate surface area is 215 Å². The third kappa shape index (κ3) is 5.39. The molecule has 4 aromatic rings. The molecule has 2 aromatic carbocycles. The predicted octanol–water partition coefficient (Wildman–Crippen LogP) is 8.46. The van der Waals surface area contributed by atoms with Crippen molar-refractivity contribution in [1.82, 2.24) is 15.0 Å². The Kier molecular flexibility index (Phi) is 7.66. The first-order valence-corrected chi connectivity index (χ1v) is 11.9.